The van der Waals surface area contributed by atoms with E-state index < -0.39 is 5.97 Å². The Balaban J connectivity index is 3.50. The Morgan fingerprint density at radius 3 is 2.60 bits per heavy atom. The lowest BCUT2D eigenvalue weighted by Gasteiger charge is -2.08. The molecule has 0 saturated carbocycles. The molecule has 0 fully saturated rings. The second-order valence-electron chi connectivity index (χ2n) is 2.32. The molecule has 0 aromatic rings. The number of carbonyl (C=O) groups is 1. The minimum atomic E-state index is -0.754. The Morgan fingerprint density at radius 2 is 2.30 bits per heavy atom. The lowest BCUT2D eigenvalue weighted by molar-refractivity contribution is -0.139. The van der Waals surface area contributed by atoms with Crippen LogP contribution in [0.4, 0.5) is 0 Å². The molecule has 2 N–H and O–H groups in total. The fourth-order valence-electron chi connectivity index (χ4n) is 0.800. The molecule has 0 aromatic heterocycles. The molecule has 3 heteroatoms. The first kappa shape index (κ1) is 9.43. The van der Waals surface area contributed by atoms with Gasteiger partial charge in [0, 0.05) is 0 Å². The van der Waals surface area contributed by atoms with Gasteiger partial charge in [-0.2, -0.15) is 0 Å². The van der Waals surface area contributed by atoms with Crippen molar-refractivity contribution in [1.29, 1.82) is 0 Å². The van der Waals surface area contributed by atoms with Gasteiger partial charge in [0.05, 0.1) is 0 Å². The molecule has 0 amide bonds. The molecule has 0 aromatic carbocycles. The predicted molar refractivity (Wildman–Crippen MR) is 40.0 cm³/mol. The number of carboxylic acids is 1. The Hall–Kier alpha value is -0.570. The van der Waals surface area contributed by atoms with Crippen molar-refractivity contribution in [3.63, 3.8) is 0 Å². The van der Waals surface area contributed by atoms with Gasteiger partial charge in [0.25, 0.3) is 0 Å². The molecule has 60 valence electrons. The first-order valence-corrected chi connectivity index (χ1v) is 3.62. The van der Waals surface area contributed by atoms with Crippen molar-refractivity contribution in [1.82, 2.24) is 5.32 Å². The largest absolute Gasteiger partial charge is 0.480 e. The van der Waals surface area contributed by atoms with Crippen LogP contribution in [-0.2, 0) is 4.79 Å². The zero-order chi connectivity index (χ0) is 7.98. The van der Waals surface area contributed by atoms with E-state index in [4.69, 9.17) is 5.11 Å². The SMILES string of the molecule is CCCCC(NC)C(=O)O. The summed E-state index contributed by atoms with van der Waals surface area (Å²) in [6, 6.07) is -0.361. The Labute approximate surface area is 61.4 Å². The van der Waals surface area contributed by atoms with E-state index in [1.807, 2.05) is 0 Å². The van der Waals surface area contributed by atoms with Crippen LogP contribution in [0.25, 0.3) is 0 Å². The highest BCUT2D eigenvalue weighted by molar-refractivity contribution is 5.73. The van der Waals surface area contributed by atoms with Crippen LogP contribution >= 0.6 is 0 Å². The van der Waals surface area contributed by atoms with E-state index in [1.54, 1.807) is 7.05 Å². The minimum absolute atomic E-state index is 0.361. The van der Waals surface area contributed by atoms with E-state index in [9.17, 15) is 4.79 Å². The summed E-state index contributed by atoms with van der Waals surface area (Å²) in [5, 5.41) is 11.3. The molecule has 1 atom stereocenters. The van der Waals surface area contributed by atoms with Crippen LogP contribution in [0.15, 0.2) is 0 Å². The van der Waals surface area contributed by atoms with Crippen molar-refractivity contribution >= 4 is 5.97 Å². The third-order valence-corrected chi connectivity index (χ3v) is 1.49. The van der Waals surface area contributed by atoms with Crippen molar-refractivity contribution in [2.45, 2.75) is 32.2 Å². The Bertz CT molecular complexity index is 104. The zero-order valence-corrected chi connectivity index (χ0v) is 6.55. The van der Waals surface area contributed by atoms with Crippen LogP contribution in [0.2, 0.25) is 0 Å². The normalized spacial score (nSPS) is 13.0. The number of rotatable bonds is 5. The number of hydrogen-bond donors (Lipinski definition) is 2. The van der Waals surface area contributed by atoms with Crippen molar-refractivity contribution in [3.8, 4) is 0 Å². The predicted octanol–water partition coefficient (Wildman–Crippen LogP) is 0.849. The fourth-order valence-corrected chi connectivity index (χ4v) is 0.800. The van der Waals surface area contributed by atoms with E-state index in [-0.39, 0.29) is 6.04 Å². The summed E-state index contributed by atoms with van der Waals surface area (Å²) >= 11 is 0. The standard InChI is InChI=1S/C7H15NO2/c1-3-4-5-6(8-2)7(9)10/h6,8H,3-5H2,1-2H3,(H,9,10). The van der Waals surface area contributed by atoms with Crippen molar-refractivity contribution in [2.75, 3.05) is 7.05 Å². The van der Waals surface area contributed by atoms with Crippen LogP contribution in [0.5, 0.6) is 0 Å². The van der Waals surface area contributed by atoms with Gasteiger partial charge in [-0.25, -0.2) is 0 Å². The minimum Gasteiger partial charge on any atom is -0.480 e. The molecular weight excluding hydrogens is 130 g/mol. The molecule has 0 heterocycles. The first-order valence-electron chi connectivity index (χ1n) is 3.62. The average Bonchev–Trinajstić information content (AvgIpc) is 1.89. The van der Waals surface area contributed by atoms with Crippen LogP contribution < -0.4 is 5.32 Å². The van der Waals surface area contributed by atoms with Gasteiger partial charge >= 0.3 is 5.97 Å². The first-order chi connectivity index (χ1) is 4.72. The van der Waals surface area contributed by atoms with E-state index in [0.29, 0.717) is 0 Å². The lowest BCUT2D eigenvalue weighted by atomic mass is 10.1. The molecule has 0 aliphatic rings. The maximum Gasteiger partial charge on any atom is 0.320 e. The highest BCUT2D eigenvalue weighted by Gasteiger charge is 2.12. The lowest BCUT2D eigenvalue weighted by Crippen LogP contribution is -2.33. The molecule has 3 nitrogen and oxygen atoms in total. The summed E-state index contributed by atoms with van der Waals surface area (Å²) in [5.74, 6) is -0.754. The quantitative estimate of drug-likeness (QED) is 0.603. The highest BCUT2D eigenvalue weighted by atomic mass is 16.4. The molecule has 1 unspecified atom stereocenters. The number of aliphatic carboxylic acids is 1. The molecule has 0 aliphatic carbocycles. The van der Waals surface area contributed by atoms with Crippen LogP contribution in [-0.4, -0.2) is 24.2 Å². The Morgan fingerprint density at radius 1 is 1.70 bits per heavy atom. The summed E-state index contributed by atoms with van der Waals surface area (Å²) < 4.78 is 0. The molecule has 0 rings (SSSR count). The highest BCUT2D eigenvalue weighted by Crippen LogP contribution is 1.99. The van der Waals surface area contributed by atoms with Gasteiger partial charge in [-0.15, -0.1) is 0 Å². The molecule has 0 spiro atoms. The van der Waals surface area contributed by atoms with Gasteiger partial charge in [-0.05, 0) is 13.5 Å². The topological polar surface area (TPSA) is 49.3 Å². The maximum atomic E-state index is 10.4. The van der Waals surface area contributed by atoms with Gasteiger partial charge < -0.3 is 10.4 Å². The smallest absolute Gasteiger partial charge is 0.320 e. The zero-order valence-electron chi connectivity index (χ0n) is 6.55. The number of nitrogens with one attached hydrogen (secondary N) is 1. The van der Waals surface area contributed by atoms with Crippen molar-refractivity contribution in [2.24, 2.45) is 0 Å². The average molecular weight is 145 g/mol. The van der Waals surface area contributed by atoms with Gasteiger partial charge in [-0.3, -0.25) is 4.79 Å². The van der Waals surface area contributed by atoms with E-state index in [1.165, 1.54) is 0 Å². The fraction of sp³-hybridized carbons (Fsp3) is 0.857. The second kappa shape index (κ2) is 5.23. The third kappa shape index (κ3) is 3.45. The van der Waals surface area contributed by atoms with Crippen molar-refractivity contribution in [3.05, 3.63) is 0 Å². The molecular formula is C7H15NO2. The summed E-state index contributed by atoms with van der Waals surface area (Å²) in [4.78, 5) is 10.4. The molecule has 10 heavy (non-hydrogen) atoms. The van der Waals surface area contributed by atoms with Gasteiger partial charge in [-0.1, -0.05) is 19.8 Å². The second-order valence-corrected chi connectivity index (χ2v) is 2.32. The molecule has 0 saturated heterocycles. The van der Waals surface area contributed by atoms with Gasteiger partial charge in [0.15, 0.2) is 0 Å². The molecule has 0 aliphatic heterocycles. The maximum absolute atomic E-state index is 10.4. The number of likely N-dealkylation sites (N-methyl/N-ethyl adjacent to an activating group) is 1. The summed E-state index contributed by atoms with van der Waals surface area (Å²) in [7, 11) is 1.68. The summed E-state index contributed by atoms with van der Waals surface area (Å²) in [6.45, 7) is 2.05. The number of hydrogen-bond acceptors (Lipinski definition) is 2. The third-order valence-electron chi connectivity index (χ3n) is 1.49. The molecule has 0 radical (unpaired) electrons. The molecule has 0 bridgehead atoms. The van der Waals surface area contributed by atoms with Crippen LogP contribution in [0.1, 0.15) is 26.2 Å². The monoisotopic (exact) mass is 145 g/mol. The van der Waals surface area contributed by atoms with E-state index >= 15 is 0 Å². The van der Waals surface area contributed by atoms with Crippen molar-refractivity contribution < 1.29 is 9.90 Å². The van der Waals surface area contributed by atoms with Crippen LogP contribution in [0.3, 0.4) is 0 Å². The summed E-state index contributed by atoms with van der Waals surface area (Å²) in [6.07, 6.45) is 2.74. The van der Waals surface area contributed by atoms with E-state index in [0.717, 1.165) is 19.3 Å². The van der Waals surface area contributed by atoms with Crippen LogP contribution in [0, 0.1) is 0 Å². The number of carboxylic acid groups (broad SMARTS) is 1. The number of unbranched alkanes of at least 4 members (excludes halogenated alkanes) is 1. The van der Waals surface area contributed by atoms with Gasteiger partial charge in [0.1, 0.15) is 6.04 Å². The van der Waals surface area contributed by atoms with Gasteiger partial charge in [0.2, 0.25) is 0 Å². The Kier molecular flexibility index (Phi) is 4.94. The summed E-state index contributed by atoms with van der Waals surface area (Å²) in [5.41, 5.74) is 0. The van der Waals surface area contributed by atoms with E-state index in [2.05, 4.69) is 12.2 Å².